The lowest BCUT2D eigenvalue weighted by atomic mass is 9.97. The Labute approximate surface area is 255 Å². The van der Waals surface area contributed by atoms with Gasteiger partial charge in [-0.15, -0.1) is 0 Å². The van der Waals surface area contributed by atoms with Crippen LogP contribution in [0.5, 0.6) is 0 Å². The van der Waals surface area contributed by atoms with E-state index in [-0.39, 0.29) is 55.7 Å². The lowest BCUT2D eigenvalue weighted by Gasteiger charge is -2.34. The van der Waals surface area contributed by atoms with Crippen molar-refractivity contribution in [3.05, 3.63) is 108 Å². The molecule has 0 atom stereocenters. The standard InChI is InChI=1S/C34H30ClN3O4S/c35-27-13-15-32(31(23-27)30-11-5-9-25-7-3-4-10-29(25)30)36-33(39)16-17-34(40)37-18-20-38(21-19-37)43(41,42)28-14-12-24-6-1-2-8-26(24)22-28/h1-15,22-23H,16-21H2,(H,36,39). The van der Waals surface area contributed by atoms with E-state index in [1.165, 1.54) is 4.31 Å². The van der Waals surface area contributed by atoms with Crippen LogP contribution in [0.25, 0.3) is 32.7 Å². The molecule has 0 aromatic heterocycles. The third-order valence-corrected chi connectivity index (χ3v) is 9.98. The van der Waals surface area contributed by atoms with Crippen molar-refractivity contribution in [1.29, 1.82) is 0 Å². The van der Waals surface area contributed by atoms with Crippen molar-refractivity contribution in [2.75, 3.05) is 31.5 Å². The second-order valence-electron chi connectivity index (χ2n) is 10.6. The number of halogens is 1. The Morgan fingerprint density at radius 2 is 1.40 bits per heavy atom. The Morgan fingerprint density at radius 3 is 2.19 bits per heavy atom. The normalized spacial score (nSPS) is 14.2. The molecule has 6 rings (SSSR count). The van der Waals surface area contributed by atoms with Crippen LogP contribution in [-0.4, -0.2) is 55.6 Å². The zero-order chi connectivity index (χ0) is 30.0. The molecule has 0 spiro atoms. The fraction of sp³-hybridized carbons (Fsp3) is 0.176. The predicted octanol–water partition coefficient (Wildman–Crippen LogP) is 6.57. The summed E-state index contributed by atoms with van der Waals surface area (Å²) in [4.78, 5) is 27.8. The van der Waals surface area contributed by atoms with E-state index in [1.54, 1.807) is 29.2 Å². The Balaban J connectivity index is 1.07. The van der Waals surface area contributed by atoms with Crippen molar-refractivity contribution in [3.8, 4) is 11.1 Å². The maximum absolute atomic E-state index is 13.3. The molecule has 9 heteroatoms. The molecule has 0 radical (unpaired) electrons. The minimum absolute atomic E-state index is 0.00599. The van der Waals surface area contributed by atoms with Gasteiger partial charge in [-0.1, -0.05) is 84.4 Å². The summed E-state index contributed by atoms with van der Waals surface area (Å²) in [6.45, 7) is 0.948. The smallest absolute Gasteiger partial charge is 0.243 e. The van der Waals surface area contributed by atoms with Crippen molar-refractivity contribution >= 4 is 60.7 Å². The van der Waals surface area contributed by atoms with E-state index in [0.717, 1.165) is 32.7 Å². The number of anilines is 1. The molecule has 0 bridgehead atoms. The van der Waals surface area contributed by atoms with Crippen molar-refractivity contribution in [2.45, 2.75) is 17.7 Å². The zero-order valence-corrected chi connectivity index (χ0v) is 24.9. The molecule has 0 unspecified atom stereocenters. The molecule has 7 nitrogen and oxygen atoms in total. The highest BCUT2D eigenvalue weighted by Crippen LogP contribution is 2.35. The number of amides is 2. The zero-order valence-electron chi connectivity index (χ0n) is 23.4. The second-order valence-corrected chi connectivity index (χ2v) is 12.9. The van der Waals surface area contributed by atoms with Gasteiger partial charge in [0.1, 0.15) is 0 Å². The van der Waals surface area contributed by atoms with Crippen LogP contribution in [-0.2, 0) is 19.6 Å². The van der Waals surface area contributed by atoms with Crippen LogP contribution in [0.4, 0.5) is 5.69 Å². The molecule has 5 aromatic carbocycles. The molecule has 1 heterocycles. The van der Waals surface area contributed by atoms with Gasteiger partial charge in [-0.05, 0) is 57.4 Å². The highest BCUT2D eigenvalue weighted by Gasteiger charge is 2.30. The molecule has 1 aliphatic rings. The maximum atomic E-state index is 13.3. The number of hydrogen-bond acceptors (Lipinski definition) is 4. The number of nitrogens with zero attached hydrogens (tertiary/aromatic N) is 2. The van der Waals surface area contributed by atoms with Crippen LogP contribution in [0.1, 0.15) is 12.8 Å². The fourth-order valence-corrected chi connectivity index (χ4v) is 7.18. The summed E-state index contributed by atoms with van der Waals surface area (Å²) in [5.41, 5.74) is 2.36. The van der Waals surface area contributed by atoms with Gasteiger partial charge in [-0.2, -0.15) is 4.31 Å². The number of carbonyl (C=O) groups is 2. The maximum Gasteiger partial charge on any atom is 0.243 e. The molecule has 43 heavy (non-hydrogen) atoms. The lowest BCUT2D eigenvalue weighted by molar-refractivity contribution is -0.133. The minimum atomic E-state index is -3.69. The van der Waals surface area contributed by atoms with E-state index in [9.17, 15) is 18.0 Å². The third kappa shape index (κ3) is 6.13. The Bertz CT molecular complexity index is 1950. The summed E-state index contributed by atoms with van der Waals surface area (Å²) in [7, 11) is -3.69. The minimum Gasteiger partial charge on any atom is -0.340 e. The van der Waals surface area contributed by atoms with Gasteiger partial charge in [0.15, 0.2) is 0 Å². The van der Waals surface area contributed by atoms with E-state index in [4.69, 9.17) is 11.6 Å². The molecule has 0 aliphatic carbocycles. The molecule has 1 N–H and O–H groups in total. The summed E-state index contributed by atoms with van der Waals surface area (Å²) in [6.07, 6.45) is 0.0342. The first kappa shape index (κ1) is 28.9. The fourth-order valence-electron chi connectivity index (χ4n) is 5.55. The van der Waals surface area contributed by atoms with Gasteiger partial charge in [0.2, 0.25) is 21.8 Å². The van der Waals surface area contributed by atoms with Crippen LogP contribution in [0.3, 0.4) is 0 Å². The molecule has 2 amide bonds. The number of benzene rings is 5. The number of nitrogens with one attached hydrogen (secondary N) is 1. The van der Waals surface area contributed by atoms with Gasteiger partial charge < -0.3 is 10.2 Å². The first-order valence-electron chi connectivity index (χ1n) is 14.1. The quantitative estimate of drug-likeness (QED) is 0.226. The summed E-state index contributed by atoms with van der Waals surface area (Å²) >= 11 is 6.34. The number of sulfonamides is 1. The molecule has 0 saturated carbocycles. The van der Waals surface area contributed by atoms with Crippen LogP contribution in [0, 0.1) is 0 Å². The first-order valence-corrected chi connectivity index (χ1v) is 16.0. The van der Waals surface area contributed by atoms with Gasteiger partial charge >= 0.3 is 0 Å². The molecular formula is C34H30ClN3O4S. The van der Waals surface area contributed by atoms with E-state index >= 15 is 0 Å². The molecule has 1 aliphatic heterocycles. The monoisotopic (exact) mass is 611 g/mol. The van der Waals surface area contributed by atoms with Crippen molar-refractivity contribution in [3.63, 3.8) is 0 Å². The highest BCUT2D eigenvalue weighted by molar-refractivity contribution is 7.89. The predicted molar refractivity (Wildman–Crippen MR) is 172 cm³/mol. The number of fused-ring (bicyclic) bond motifs is 2. The van der Waals surface area contributed by atoms with Crippen LogP contribution < -0.4 is 5.32 Å². The molecular weight excluding hydrogens is 582 g/mol. The van der Waals surface area contributed by atoms with Gasteiger partial charge in [0.25, 0.3) is 0 Å². The second kappa shape index (κ2) is 12.2. The average Bonchev–Trinajstić information content (AvgIpc) is 3.04. The summed E-state index contributed by atoms with van der Waals surface area (Å²) in [5, 5.41) is 7.47. The van der Waals surface area contributed by atoms with Crippen molar-refractivity contribution < 1.29 is 18.0 Å². The molecule has 218 valence electrons. The SMILES string of the molecule is O=C(CCC(=O)N1CCN(S(=O)(=O)c2ccc3ccccc3c2)CC1)Nc1ccc(Cl)cc1-c1cccc2ccccc12. The largest absolute Gasteiger partial charge is 0.340 e. The number of hydrogen-bond donors (Lipinski definition) is 1. The molecule has 1 saturated heterocycles. The first-order chi connectivity index (χ1) is 20.8. The topological polar surface area (TPSA) is 86.8 Å². The molecule has 1 fully saturated rings. The number of rotatable bonds is 7. The Morgan fingerprint density at radius 1 is 0.698 bits per heavy atom. The van der Waals surface area contributed by atoms with Crippen molar-refractivity contribution in [2.24, 2.45) is 0 Å². The summed E-state index contributed by atoms with van der Waals surface area (Å²) < 4.78 is 28.0. The van der Waals surface area contributed by atoms with Gasteiger partial charge in [-0.3, -0.25) is 9.59 Å². The van der Waals surface area contributed by atoms with E-state index in [2.05, 4.69) is 5.32 Å². The third-order valence-electron chi connectivity index (χ3n) is 7.85. The Hall–Kier alpha value is -4.24. The number of carbonyl (C=O) groups excluding carboxylic acids is 2. The van der Waals surface area contributed by atoms with Crippen molar-refractivity contribution in [1.82, 2.24) is 9.21 Å². The lowest BCUT2D eigenvalue weighted by Crippen LogP contribution is -2.50. The molecule has 5 aromatic rings. The summed E-state index contributed by atoms with van der Waals surface area (Å²) in [5.74, 6) is -0.460. The van der Waals surface area contributed by atoms with E-state index < -0.39 is 10.0 Å². The number of piperazine rings is 1. The van der Waals surface area contributed by atoms with Gasteiger partial charge in [-0.25, -0.2) is 8.42 Å². The van der Waals surface area contributed by atoms with Crippen LogP contribution >= 0.6 is 11.6 Å². The Kier molecular flexibility index (Phi) is 8.17. The van der Waals surface area contributed by atoms with Crippen LogP contribution in [0.15, 0.2) is 108 Å². The summed E-state index contributed by atoms with van der Waals surface area (Å²) in [6, 6.07) is 32.1. The van der Waals surface area contributed by atoms with E-state index in [0.29, 0.717) is 10.7 Å². The van der Waals surface area contributed by atoms with Crippen LogP contribution in [0.2, 0.25) is 5.02 Å². The average molecular weight is 612 g/mol. The highest BCUT2D eigenvalue weighted by atomic mass is 35.5. The van der Waals surface area contributed by atoms with Gasteiger partial charge in [0, 0.05) is 55.3 Å². The van der Waals surface area contributed by atoms with Gasteiger partial charge in [0.05, 0.1) is 4.90 Å². The van der Waals surface area contributed by atoms with E-state index in [1.807, 2.05) is 78.9 Å².